The van der Waals surface area contributed by atoms with Crippen molar-refractivity contribution in [3.63, 3.8) is 0 Å². The zero-order valence-electron chi connectivity index (χ0n) is 26.9. The number of nitrogens with one attached hydrogen (secondary N) is 1. The van der Waals surface area contributed by atoms with Crippen molar-refractivity contribution in [1.82, 2.24) is 0 Å². The van der Waals surface area contributed by atoms with Gasteiger partial charge in [0.05, 0.1) is 17.5 Å². The first kappa shape index (κ1) is 34.8. The molecule has 8 rings (SSSR count). The number of anilines is 4. The molecule has 53 heavy (non-hydrogen) atoms. The Bertz CT molecular complexity index is 2260. The van der Waals surface area contributed by atoms with Crippen LogP contribution >= 0.6 is 23.2 Å². The number of hydrogen-bond donors (Lipinski definition) is 2. The van der Waals surface area contributed by atoms with Gasteiger partial charge in [-0.2, -0.15) is 0 Å². The minimum Gasteiger partial charge on any atom is -0.508 e. The second-order valence-electron chi connectivity index (χ2n) is 13.3. The van der Waals surface area contributed by atoms with Crippen LogP contribution in [0.3, 0.4) is 0 Å². The molecule has 3 fully saturated rings. The van der Waals surface area contributed by atoms with E-state index < -0.39 is 98.2 Å². The highest BCUT2D eigenvalue weighted by Gasteiger charge is 2.77. The Morgan fingerprint density at radius 1 is 0.679 bits per heavy atom. The Labute approximate surface area is 307 Å². The number of nitrogens with zero attached hydrogens (tertiary/aromatic N) is 2. The summed E-state index contributed by atoms with van der Waals surface area (Å²) in [5, 5.41) is 13.3. The van der Waals surface area contributed by atoms with Crippen LogP contribution in [-0.2, 0) is 19.2 Å². The summed E-state index contributed by atoms with van der Waals surface area (Å²) >= 11 is 14.2. The van der Waals surface area contributed by atoms with E-state index in [1.807, 2.05) is 30.3 Å². The summed E-state index contributed by atoms with van der Waals surface area (Å²) in [6, 6.07) is 21.0. The Hall–Kier alpha value is -5.27. The van der Waals surface area contributed by atoms with Crippen molar-refractivity contribution < 1.29 is 46.2 Å². The molecule has 0 aromatic heterocycles. The fraction of sp³-hybridized carbons (Fsp3) is 0.211. The number of amides is 4. The van der Waals surface area contributed by atoms with Crippen molar-refractivity contribution in [2.75, 3.05) is 15.1 Å². The molecule has 2 heterocycles. The number of carbonyl (C=O) groups is 4. The minimum atomic E-state index is -2.65. The van der Waals surface area contributed by atoms with Crippen molar-refractivity contribution in [3.05, 3.63) is 125 Å². The number of halogens is 7. The minimum absolute atomic E-state index is 0.00838. The van der Waals surface area contributed by atoms with E-state index in [1.165, 1.54) is 24.3 Å². The van der Waals surface area contributed by atoms with E-state index in [9.17, 15) is 37.5 Å². The van der Waals surface area contributed by atoms with Crippen molar-refractivity contribution >= 4 is 69.6 Å². The zero-order valence-corrected chi connectivity index (χ0v) is 28.4. The maximum Gasteiger partial charge on any atom is 0.258 e. The lowest BCUT2D eigenvalue weighted by Crippen LogP contribution is -2.60. The summed E-state index contributed by atoms with van der Waals surface area (Å²) in [5.74, 6) is -21.4. The molecule has 2 aliphatic carbocycles. The van der Waals surface area contributed by atoms with E-state index in [1.54, 1.807) is 30.3 Å². The number of fused-ring (bicyclic) bond motifs is 4. The standard InChI is InChI=1S/C38H24Cl2F5N3O5/c39-37-16-24-22(14-15-23-25(24)34(51)47(33(23)50)20-10-8-19(9-11-20)46-18-4-2-1-3-5-18)26(17-6-12-21(49)13-7-17)38(37,40)36(53)48(35(37)52)32-30(44)28(42)27(41)29(43)31(32)45/h1-14,23-26,46,49H,15-16H2/t23-,24+,25-,26-,37+,38-/m0/s1. The van der Waals surface area contributed by atoms with Crippen LogP contribution in [0.2, 0.25) is 0 Å². The maximum absolute atomic E-state index is 15.2. The lowest BCUT2D eigenvalue weighted by atomic mass is 9.56. The maximum atomic E-state index is 15.2. The van der Waals surface area contributed by atoms with Crippen molar-refractivity contribution in [2.24, 2.45) is 17.8 Å². The fourth-order valence-corrected chi connectivity index (χ4v) is 9.18. The highest BCUT2D eigenvalue weighted by Crippen LogP contribution is 2.66. The van der Waals surface area contributed by atoms with Crippen LogP contribution in [0.5, 0.6) is 5.75 Å². The molecule has 4 aromatic rings. The first-order valence-electron chi connectivity index (χ1n) is 16.3. The normalized spacial score (nSPS) is 27.8. The van der Waals surface area contributed by atoms with Crippen LogP contribution in [0.1, 0.15) is 24.3 Å². The Morgan fingerprint density at radius 2 is 1.26 bits per heavy atom. The molecule has 6 atom stereocenters. The number of phenols is 1. The molecular weight excluding hydrogens is 744 g/mol. The molecule has 4 amide bonds. The third-order valence-corrected chi connectivity index (χ3v) is 12.0. The molecule has 2 aliphatic heterocycles. The Balaban J connectivity index is 1.22. The van der Waals surface area contributed by atoms with Gasteiger partial charge in [0, 0.05) is 17.3 Å². The predicted molar refractivity (Wildman–Crippen MR) is 183 cm³/mol. The van der Waals surface area contributed by atoms with Gasteiger partial charge in [-0.3, -0.25) is 24.1 Å². The monoisotopic (exact) mass is 767 g/mol. The van der Waals surface area contributed by atoms with Crippen LogP contribution in [-0.4, -0.2) is 38.5 Å². The molecular formula is C38H24Cl2F5N3O5. The second-order valence-corrected chi connectivity index (χ2v) is 14.6. The summed E-state index contributed by atoms with van der Waals surface area (Å²) in [7, 11) is 0. The van der Waals surface area contributed by atoms with Crippen LogP contribution in [0.4, 0.5) is 44.7 Å². The number of benzene rings is 4. The molecule has 0 spiro atoms. The van der Waals surface area contributed by atoms with Gasteiger partial charge in [-0.25, -0.2) is 26.9 Å². The number of phenolic OH excluding ortho intramolecular Hbond substituents is 1. The average molecular weight is 769 g/mol. The molecule has 0 unspecified atom stereocenters. The second kappa shape index (κ2) is 12.1. The van der Waals surface area contributed by atoms with Gasteiger partial charge in [0.2, 0.25) is 17.6 Å². The molecule has 4 aromatic carbocycles. The van der Waals surface area contributed by atoms with Gasteiger partial charge in [-0.05, 0) is 72.9 Å². The van der Waals surface area contributed by atoms with Crippen molar-refractivity contribution in [1.29, 1.82) is 0 Å². The van der Waals surface area contributed by atoms with Gasteiger partial charge < -0.3 is 10.4 Å². The molecule has 1 saturated carbocycles. The average Bonchev–Trinajstić information content (AvgIpc) is 3.49. The van der Waals surface area contributed by atoms with Crippen LogP contribution in [0, 0.1) is 46.8 Å². The molecule has 15 heteroatoms. The highest BCUT2D eigenvalue weighted by atomic mass is 35.5. The van der Waals surface area contributed by atoms with Gasteiger partial charge in [0.25, 0.3) is 11.8 Å². The SMILES string of the molecule is O=C1[C@H]2[C@H](CC=C3[C@H]2C[C@@]2(Cl)C(=O)N(c4c(F)c(F)c(F)c(F)c4F)C(=O)[C@@]2(Cl)[C@H]3c2ccc(O)cc2)C(=O)N1c1ccc(Nc2ccccc2)cc1. The number of hydrogen-bond acceptors (Lipinski definition) is 6. The summed E-state index contributed by atoms with van der Waals surface area (Å²) in [6.07, 6.45) is 0.971. The number of rotatable bonds is 5. The smallest absolute Gasteiger partial charge is 0.258 e. The third kappa shape index (κ3) is 4.79. The van der Waals surface area contributed by atoms with Crippen LogP contribution in [0.25, 0.3) is 0 Å². The number of imide groups is 2. The van der Waals surface area contributed by atoms with Crippen molar-refractivity contribution in [2.45, 2.75) is 28.5 Å². The van der Waals surface area contributed by atoms with Crippen molar-refractivity contribution in [3.8, 4) is 5.75 Å². The lowest BCUT2D eigenvalue weighted by Gasteiger charge is -2.50. The molecule has 8 nitrogen and oxygen atoms in total. The first-order chi connectivity index (χ1) is 25.2. The fourth-order valence-electron chi connectivity index (χ4n) is 8.24. The zero-order chi connectivity index (χ0) is 37.7. The topological polar surface area (TPSA) is 107 Å². The van der Waals surface area contributed by atoms with E-state index in [0.717, 1.165) is 10.6 Å². The van der Waals surface area contributed by atoms with Crippen LogP contribution < -0.4 is 15.1 Å². The van der Waals surface area contributed by atoms with E-state index in [4.69, 9.17) is 23.2 Å². The van der Waals surface area contributed by atoms with Gasteiger partial charge in [0.15, 0.2) is 33.0 Å². The lowest BCUT2D eigenvalue weighted by molar-refractivity contribution is -0.125. The summed E-state index contributed by atoms with van der Waals surface area (Å²) in [5.41, 5.74) is 0.366. The number of allylic oxidation sites excluding steroid dienone is 2. The molecule has 4 aliphatic rings. The van der Waals surface area contributed by atoms with E-state index >= 15 is 8.78 Å². The highest BCUT2D eigenvalue weighted by molar-refractivity contribution is 6.58. The van der Waals surface area contributed by atoms with E-state index in [-0.39, 0.29) is 28.3 Å². The van der Waals surface area contributed by atoms with Crippen LogP contribution in [0.15, 0.2) is 90.5 Å². The van der Waals surface area contributed by atoms with Gasteiger partial charge in [0.1, 0.15) is 11.4 Å². The Kier molecular flexibility index (Phi) is 7.97. The predicted octanol–water partition coefficient (Wildman–Crippen LogP) is 7.60. The molecule has 270 valence electrons. The number of carbonyl (C=O) groups excluding carboxylic acids is 4. The van der Waals surface area contributed by atoms with Gasteiger partial charge in [-0.15, -0.1) is 23.2 Å². The summed E-state index contributed by atoms with van der Waals surface area (Å²) < 4.78 is 73.3. The molecule has 0 radical (unpaired) electrons. The summed E-state index contributed by atoms with van der Waals surface area (Å²) in [4.78, 5) is 52.4. The third-order valence-electron chi connectivity index (χ3n) is 10.6. The summed E-state index contributed by atoms with van der Waals surface area (Å²) in [6.45, 7) is 0. The first-order valence-corrected chi connectivity index (χ1v) is 17.0. The number of alkyl halides is 2. The molecule has 0 bridgehead atoms. The largest absolute Gasteiger partial charge is 0.508 e. The molecule has 2 N–H and O–H groups in total. The van der Waals surface area contributed by atoms with E-state index in [0.29, 0.717) is 11.3 Å². The Morgan fingerprint density at radius 3 is 1.89 bits per heavy atom. The molecule has 2 saturated heterocycles. The number of aromatic hydroxyl groups is 1. The quantitative estimate of drug-likeness (QED) is 0.0542. The van der Waals surface area contributed by atoms with Gasteiger partial charge >= 0.3 is 0 Å². The number of para-hydroxylation sites is 1. The van der Waals surface area contributed by atoms with E-state index in [2.05, 4.69) is 5.32 Å². The van der Waals surface area contributed by atoms with Gasteiger partial charge in [-0.1, -0.05) is 42.0 Å².